The average molecular weight is 412 g/mol. The SMILES string of the molecule is CN1CC/C(=N/O)c2ccn(CCCCN3CCN(c4ncccn4)CC3)c2C1=O. The Balaban J connectivity index is 1.27. The molecule has 0 radical (unpaired) electrons. The molecule has 2 aromatic rings. The Hall–Kier alpha value is -2.94. The number of rotatable bonds is 6. The minimum Gasteiger partial charge on any atom is -0.411 e. The lowest BCUT2D eigenvalue weighted by atomic mass is 10.1. The monoisotopic (exact) mass is 411 g/mol. The molecule has 0 spiro atoms. The fourth-order valence-corrected chi connectivity index (χ4v) is 4.17. The lowest BCUT2D eigenvalue weighted by Gasteiger charge is -2.34. The average Bonchev–Trinajstić information content (AvgIpc) is 3.16. The normalized spacial score (nSPS) is 19.2. The first-order valence-corrected chi connectivity index (χ1v) is 10.6. The second-order valence-electron chi connectivity index (χ2n) is 7.88. The standard InChI is InChI=1S/C21H29N7O2/c1-25-11-6-18(24-30)17-5-12-27(19(17)20(25)29)10-3-2-9-26-13-15-28(16-14-26)21-22-7-4-8-23-21/h4-5,7-8,12,30H,2-3,6,9-11,13-16H2,1H3/b24-18-. The second-order valence-corrected chi connectivity index (χ2v) is 7.88. The third-order valence-electron chi connectivity index (χ3n) is 5.96. The molecule has 4 rings (SSSR count). The summed E-state index contributed by atoms with van der Waals surface area (Å²) in [5, 5.41) is 12.7. The van der Waals surface area contributed by atoms with E-state index in [4.69, 9.17) is 0 Å². The third kappa shape index (κ3) is 4.30. The van der Waals surface area contributed by atoms with E-state index in [1.165, 1.54) is 0 Å². The summed E-state index contributed by atoms with van der Waals surface area (Å²) in [7, 11) is 1.80. The molecule has 9 nitrogen and oxygen atoms in total. The van der Waals surface area contributed by atoms with Crippen LogP contribution in [0.3, 0.4) is 0 Å². The number of amides is 1. The molecular weight excluding hydrogens is 382 g/mol. The van der Waals surface area contributed by atoms with Crippen molar-refractivity contribution in [3.05, 3.63) is 42.0 Å². The zero-order chi connectivity index (χ0) is 20.9. The van der Waals surface area contributed by atoms with E-state index in [0.717, 1.165) is 63.6 Å². The van der Waals surface area contributed by atoms with E-state index in [1.54, 1.807) is 24.3 Å². The molecule has 0 bridgehead atoms. The number of anilines is 1. The molecule has 1 N–H and O–H groups in total. The van der Waals surface area contributed by atoms with Gasteiger partial charge in [0.25, 0.3) is 5.91 Å². The van der Waals surface area contributed by atoms with Gasteiger partial charge in [0, 0.05) is 76.9 Å². The Morgan fingerprint density at radius 2 is 1.80 bits per heavy atom. The van der Waals surface area contributed by atoms with Crippen molar-refractivity contribution in [2.24, 2.45) is 5.16 Å². The Morgan fingerprint density at radius 3 is 2.53 bits per heavy atom. The molecule has 160 valence electrons. The zero-order valence-electron chi connectivity index (χ0n) is 17.4. The van der Waals surface area contributed by atoms with Gasteiger partial charge in [-0.05, 0) is 31.5 Å². The van der Waals surface area contributed by atoms with Gasteiger partial charge in [0.2, 0.25) is 5.95 Å². The molecule has 2 aliphatic heterocycles. The number of piperazine rings is 1. The number of unbranched alkanes of at least 4 members (excludes halogenated alkanes) is 1. The van der Waals surface area contributed by atoms with Crippen LogP contribution in [0, 0.1) is 0 Å². The number of aromatic nitrogens is 3. The van der Waals surface area contributed by atoms with Crippen LogP contribution in [0.1, 0.15) is 35.3 Å². The maximum absolute atomic E-state index is 12.8. The number of carbonyl (C=O) groups excluding carboxylic acids is 1. The Kier molecular flexibility index (Phi) is 6.27. The highest BCUT2D eigenvalue weighted by atomic mass is 16.4. The predicted molar refractivity (Wildman–Crippen MR) is 114 cm³/mol. The van der Waals surface area contributed by atoms with Crippen LogP contribution >= 0.6 is 0 Å². The Bertz CT molecular complexity index is 888. The number of hydrogen-bond donors (Lipinski definition) is 1. The topological polar surface area (TPSA) is 90.1 Å². The maximum atomic E-state index is 12.8. The molecule has 0 aromatic carbocycles. The summed E-state index contributed by atoms with van der Waals surface area (Å²) in [5.41, 5.74) is 1.98. The fourth-order valence-electron chi connectivity index (χ4n) is 4.17. The van der Waals surface area contributed by atoms with Gasteiger partial charge in [-0.25, -0.2) is 9.97 Å². The zero-order valence-corrected chi connectivity index (χ0v) is 17.4. The molecule has 0 saturated carbocycles. The summed E-state index contributed by atoms with van der Waals surface area (Å²) < 4.78 is 2.01. The van der Waals surface area contributed by atoms with Crippen LogP contribution in [0.25, 0.3) is 0 Å². The lowest BCUT2D eigenvalue weighted by molar-refractivity contribution is 0.0791. The van der Waals surface area contributed by atoms with Gasteiger partial charge in [0.15, 0.2) is 0 Å². The van der Waals surface area contributed by atoms with E-state index in [0.29, 0.717) is 24.4 Å². The van der Waals surface area contributed by atoms with Crippen molar-refractivity contribution in [1.29, 1.82) is 0 Å². The first-order chi connectivity index (χ1) is 14.7. The minimum absolute atomic E-state index is 0.00657. The summed E-state index contributed by atoms with van der Waals surface area (Å²) in [6.07, 6.45) is 8.13. The van der Waals surface area contributed by atoms with Crippen molar-refractivity contribution in [2.45, 2.75) is 25.8 Å². The van der Waals surface area contributed by atoms with Crippen molar-refractivity contribution >= 4 is 17.6 Å². The molecule has 2 aliphatic rings. The van der Waals surface area contributed by atoms with E-state index in [9.17, 15) is 10.0 Å². The van der Waals surface area contributed by atoms with Crippen LogP contribution < -0.4 is 4.90 Å². The lowest BCUT2D eigenvalue weighted by Crippen LogP contribution is -2.47. The largest absolute Gasteiger partial charge is 0.411 e. The van der Waals surface area contributed by atoms with Crippen LogP contribution in [0.15, 0.2) is 35.9 Å². The number of carbonyl (C=O) groups is 1. The van der Waals surface area contributed by atoms with E-state index >= 15 is 0 Å². The van der Waals surface area contributed by atoms with E-state index < -0.39 is 0 Å². The van der Waals surface area contributed by atoms with Gasteiger partial charge in [-0.15, -0.1) is 0 Å². The summed E-state index contributed by atoms with van der Waals surface area (Å²) in [6, 6.07) is 3.73. The highest BCUT2D eigenvalue weighted by molar-refractivity contribution is 6.11. The highest BCUT2D eigenvalue weighted by Gasteiger charge is 2.27. The predicted octanol–water partition coefficient (Wildman–Crippen LogP) is 1.53. The molecule has 2 aromatic heterocycles. The first-order valence-electron chi connectivity index (χ1n) is 10.6. The van der Waals surface area contributed by atoms with Gasteiger partial charge in [-0.2, -0.15) is 0 Å². The van der Waals surface area contributed by atoms with Gasteiger partial charge in [0.1, 0.15) is 5.69 Å². The molecule has 1 fully saturated rings. The summed E-state index contributed by atoms with van der Waals surface area (Å²) in [5.74, 6) is 0.804. The van der Waals surface area contributed by atoms with Crippen LogP contribution in [0.4, 0.5) is 5.95 Å². The molecular formula is C21H29N7O2. The molecule has 1 saturated heterocycles. The van der Waals surface area contributed by atoms with E-state index in [2.05, 4.69) is 24.9 Å². The number of aryl methyl sites for hydroxylation is 1. The van der Waals surface area contributed by atoms with E-state index in [-0.39, 0.29) is 5.91 Å². The first kappa shape index (κ1) is 20.3. The summed E-state index contributed by atoms with van der Waals surface area (Å²) in [4.78, 5) is 27.8. The number of fused-ring (bicyclic) bond motifs is 1. The molecule has 0 unspecified atom stereocenters. The van der Waals surface area contributed by atoms with Crippen LogP contribution in [0.5, 0.6) is 0 Å². The second kappa shape index (κ2) is 9.25. The van der Waals surface area contributed by atoms with Crippen molar-refractivity contribution in [1.82, 2.24) is 24.3 Å². The number of hydrogen-bond acceptors (Lipinski definition) is 7. The van der Waals surface area contributed by atoms with Gasteiger partial charge >= 0.3 is 0 Å². The molecule has 0 atom stereocenters. The molecule has 0 aliphatic carbocycles. The number of nitrogens with zero attached hydrogens (tertiary/aromatic N) is 7. The molecule has 1 amide bonds. The molecule has 30 heavy (non-hydrogen) atoms. The molecule has 4 heterocycles. The van der Waals surface area contributed by atoms with Gasteiger partial charge < -0.3 is 19.6 Å². The van der Waals surface area contributed by atoms with Gasteiger partial charge in [-0.3, -0.25) is 9.69 Å². The maximum Gasteiger partial charge on any atom is 0.270 e. The Labute approximate surface area is 176 Å². The highest BCUT2D eigenvalue weighted by Crippen LogP contribution is 2.21. The third-order valence-corrected chi connectivity index (χ3v) is 5.96. The van der Waals surface area contributed by atoms with Crippen LogP contribution in [-0.2, 0) is 6.54 Å². The van der Waals surface area contributed by atoms with E-state index in [1.807, 2.05) is 22.9 Å². The van der Waals surface area contributed by atoms with Crippen molar-refractivity contribution in [3.8, 4) is 0 Å². The summed E-state index contributed by atoms with van der Waals surface area (Å²) in [6.45, 7) is 6.30. The fraction of sp³-hybridized carbons (Fsp3) is 0.524. The van der Waals surface area contributed by atoms with Gasteiger partial charge in [0.05, 0.1) is 5.71 Å². The number of oxime groups is 1. The van der Waals surface area contributed by atoms with Crippen molar-refractivity contribution < 1.29 is 10.0 Å². The Morgan fingerprint density at radius 1 is 1.07 bits per heavy atom. The van der Waals surface area contributed by atoms with Crippen LogP contribution in [0.2, 0.25) is 0 Å². The van der Waals surface area contributed by atoms with Crippen molar-refractivity contribution in [2.75, 3.05) is 51.2 Å². The van der Waals surface area contributed by atoms with Gasteiger partial charge in [-0.1, -0.05) is 5.16 Å². The summed E-state index contributed by atoms with van der Waals surface area (Å²) >= 11 is 0. The molecule has 9 heteroatoms. The minimum atomic E-state index is -0.00657. The van der Waals surface area contributed by atoms with Crippen molar-refractivity contribution in [3.63, 3.8) is 0 Å². The van der Waals surface area contributed by atoms with Crippen LogP contribution in [-0.4, -0.2) is 87.5 Å². The smallest absolute Gasteiger partial charge is 0.270 e. The quantitative estimate of drug-likeness (QED) is 0.441.